The molecule has 1 aromatic heterocycles. The number of benzene rings is 1. The Morgan fingerprint density at radius 3 is 2.86 bits per heavy atom. The lowest BCUT2D eigenvalue weighted by molar-refractivity contribution is 0.281. The quantitative estimate of drug-likeness (QED) is 0.604. The molecule has 0 aliphatic heterocycles. The molecule has 5 nitrogen and oxygen atoms in total. The van der Waals surface area contributed by atoms with Gasteiger partial charge in [-0.15, -0.1) is 0 Å². The molecule has 0 amide bonds. The zero-order chi connectivity index (χ0) is 15.1. The molecule has 0 aliphatic carbocycles. The van der Waals surface area contributed by atoms with Crippen molar-refractivity contribution in [3.05, 3.63) is 35.9 Å². The Bertz CT molecular complexity index is 593. The first kappa shape index (κ1) is 15.6. The van der Waals surface area contributed by atoms with E-state index in [-0.39, 0.29) is 6.61 Å². The fourth-order valence-electron chi connectivity index (χ4n) is 1.72. The zero-order valence-electron chi connectivity index (χ0n) is 12.2. The molecule has 1 aromatic carbocycles. The molecule has 0 aliphatic rings. The number of thioether (sulfide) groups is 1. The van der Waals surface area contributed by atoms with Crippen molar-refractivity contribution in [1.82, 2.24) is 9.97 Å². The molecule has 0 unspecified atom stereocenters. The standard InChI is InChI=1S/C15H19N3O2S/c1-3-7-16-13-9-14(18-15(17-13)21-2)20-12-6-4-5-11(8-12)10-19/h4-6,8-9,19H,3,7,10H2,1-2H3,(H,16,17,18). The minimum Gasteiger partial charge on any atom is -0.439 e. The van der Waals surface area contributed by atoms with Crippen LogP contribution in [0, 0.1) is 0 Å². The molecular formula is C15H19N3O2S. The number of hydrogen-bond donors (Lipinski definition) is 2. The van der Waals surface area contributed by atoms with E-state index < -0.39 is 0 Å². The van der Waals surface area contributed by atoms with Gasteiger partial charge in [0.25, 0.3) is 0 Å². The third-order valence-corrected chi connectivity index (χ3v) is 3.27. The van der Waals surface area contributed by atoms with Crippen LogP contribution in [-0.2, 0) is 6.61 Å². The van der Waals surface area contributed by atoms with E-state index in [2.05, 4.69) is 22.2 Å². The van der Waals surface area contributed by atoms with Gasteiger partial charge in [-0.1, -0.05) is 30.8 Å². The second-order valence-electron chi connectivity index (χ2n) is 4.41. The van der Waals surface area contributed by atoms with E-state index in [9.17, 15) is 0 Å². The predicted octanol–water partition coefficient (Wildman–Crippen LogP) is 3.31. The first-order valence-corrected chi connectivity index (χ1v) is 8.02. The van der Waals surface area contributed by atoms with Crippen LogP contribution in [0.15, 0.2) is 35.5 Å². The molecule has 0 fully saturated rings. The van der Waals surface area contributed by atoms with Gasteiger partial charge in [-0.3, -0.25) is 0 Å². The highest BCUT2D eigenvalue weighted by Crippen LogP contribution is 2.24. The molecule has 0 saturated carbocycles. The zero-order valence-corrected chi connectivity index (χ0v) is 13.0. The van der Waals surface area contributed by atoms with Crippen molar-refractivity contribution in [2.24, 2.45) is 0 Å². The van der Waals surface area contributed by atoms with Gasteiger partial charge in [0.1, 0.15) is 11.6 Å². The van der Waals surface area contributed by atoms with Crippen LogP contribution in [0.3, 0.4) is 0 Å². The fourth-order valence-corrected chi connectivity index (χ4v) is 2.09. The SMILES string of the molecule is CCCNc1cc(Oc2cccc(CO)c2)nc(SC)n1. The van der Waals surface area contributed by atoms with Gasteiger partial charge in [0.05, 0.1) is 6.61 Å². The Kier molecular flexibility index (Phi) is 5.83. The second-order valence-corrected chi connectivity index (χ2v) is 5.19. The first-order chi connectivity index (χ1) is 10.2. The van der Waals surface area contributed by atoms with Crippen molar-refractivity contribution < 1.29 is 9.84 Å². The third kappa shape index (κ3) is 4.61. The molecule has 0 radical (unpaired) electrons. The highest BCUT2D eigenvalue weighted by Gasteiger charge is 2.06. The number of rotatable bonds is 7. The van der Waals surface area contributed by atoms with Crippen LogP contribution in [0.5, 0.6) is 11.6 Å². The topological polar surface area (TPSA) is 67.3 Å². The van der Waals surface area contributed by atoms with Gasteiger partial charge in [0.15, 0.2) is 5.16 Å². The van der Waals surface area contributed by atoms with E-state index in [0.717, 1.165) is 24.3 Å². The number of nitrogens with one attached hydrogen (secondary N) is 1. The van der Waals surface area contributed by atoms with Crippen LogP contribution in [0.25, 0.3) is 0 Å². The first-order valence-electron chi connectivity index (χ1n) is 6.79. The summed E-state index contributed by atoms with van der Waals surface area (Å²) < 4.78 is 5.77. The highest BCUT2D eigenvalue weighted by atomic mass is 32.2. The Hall–Kier alpha value is -1.79. The number of aliphatic hydroxyl groups is 1. The van der Waals surface area contributed by atoms with Gasteiger partial charge in [-0.25, -0.2) is 4.98 Å². The minimum atomic E-state index is -0.0136. The maximum absolute atomic E-state index is 9.16. The predicted molar refractivity (Wildman–Crippen MR) is 85.0 cm³/mol. The molecule has 6 heteroatoms. The molecule has 0 atom stereocenters. The van der Waals surface area contributed by atoms with Crippen LogP contribution < -0.4 is 10.1 Å². The molecule has 0 spiro atoms. The lowest BCUT2D eigenvalue weighted by Crippen LogP contribution is -2.04. The van der Waals surface area contributed by atoms with Gasteiger partial charge in [0.2, 0.25) is 5.88 Å². The molecule has 2 rings (SSSR count). The number of anilines is 1. The molecule has 0 bridgehead atoms. The Labute approximate surface area is 128 Å². The molecular weight excluding hydrogens is 286 g/mol. The summed E-state index contributed by atoms with van der Waals surface area (Å²) in [6.07, 6.45) is 2.95. The average Bonchev–Trinajstić information content (AvgIpc) is 2.52. The number of ether oxygens (including phenoxy) is 1. The summed E-state index contributed by atoms with van der Waals surface area (Å²) in [5.41, 5.74) is 0.802. The van der Waals surface area contributed by atoms with Gasteiger partial charge in [0, 0.05) is 12.6 Å². The molecule has 1 heterocycles. The summed E-state index contributed by atoms with van der Waals surface area (Å²) >= 11 is 1.47. The van der Waals surface area contributed by atoms with Crippen molar-refractivity contribution in [3.63, 3.8) is 0 Å². The number of nitrogens with zero attached hydrogens (tertiary/aromatic N) is 2. The normalized spacial score (nSPS) is 10.4. The van der Waals surface area contributed by atoms with E-state index >= 15 is 0 Å². The smallest absolute Gasteiger partial charge is 0.225 e. The van der Waals surface area contributed by atoms with Crippen LogP contribution >= 0.6 is 11.8 Å². The number of hydrogen-bond acceptors (Lipinski definition) is 6. The van der Waals surface area contributed by atoms with Crippen molar-refractivity contribution in [1.29, 1.82) is 0 Å². The molecule has 21 heavy (non-hydrogen) atoms. The Morgan fingerprint density at radius 1 is 1.29 bits per heavy atom. The van der Waals surface area contributed by atoms with Gasteiger partial charge in [-0.05, 0) is 30.4 Å². The molecule has 112 valence electrons. The monoisotopic (exact) mass is 305 g/mol. The third-order valence-electron chi connectivity index (χ3n) is 2.72. The molecule has 2 N–H and O–H groups in total. The maximum atomic E-state index is 9.16. The van der Waals surface area contributed by atoms with Crippen molar-refractivity contribution in [2.45, 2.75) is 25.1 Å². The summed E-state index contributed by atoms with van der Waals surface area (Å²) in [6, 6.07) is 9.09. The van der Waals surface area contributed by atoms with Crippen LogP contribution in [0.2, 0.25) is 0 Å². The Balaban J connectivity index is 2.21. The highest BCUT2D eigenvalue weighted by molar-refractivity contribution is 7.98. The summed E-state index contributed by atoms with van der Waals surface area (Å²) in [5, 5.41) is 13.0. The van der Waals surface area contributed by atoms with E-state index in [0.29, 0.717) is 16.8 Å². The lowest BCUT2D eigenvalue weighted by atomic mass is 10.2. The summed E-state index contributed by atoms with van der Waals surface area (Å²) in [5.74, 6) is 1.89. The van der Waals surface area contributed by atoms with Crippen LogP contribution in [-0.4, -0.2) is 27.9 Å². The number of aromatic nitrogens is 2. The van der Waals surface area contributed by atoms with E-state index in [1.54, 1.807) is 12.1 Å². The maximum Gasteiger partial charge on any atom is 0.225 e. The second kappa shape index (κ2) is 7.85. The van der Waals surface area contributed by atoms with Crippen molar-refractivity contribution in [3.8, 4) is 11.6 Å². The van der Waals surface area contributed by atoms with E-state index in [1.165, 1.54) is 11.8 Å². The minimum absolute atomic E-state index is 0.0136. The summed E-state index contributed by atoms with van der Waals surface area (Å²) in [7, 11) is 0. The Morgan fingerprint density at radius 2 is 2.14 bits per heavy atom. The molecule has 0 saturated heterocycles. The molecule has 2 aromatic rings. The number of aliphatic hydroxyl groups excluding tert-OH is 1. The lowest BCUT2D eigenvalue weighted by Gasteiger charge is -2.10. The van der Waals surface area contributed by atoms with Crippen LogP contribution in [0.4, 0.5) is 5.82 Å². The summed E-state index contributed by atoms with van der Waals surface area (Å²) in [6.45, 7) is 2.94. The van der Waals surface area contributed by atoms with Gasteiger partial charge >= 0.3 is 0 Å². The fraction of sp³-hybridized carbons (Fsp3) is 0.333. The van der Waals surface area contributed by atoms with Crippen LogP contribution in [0.1, 0.15) is 18.9 Å². The largest absolute Gasteiger partial charge is 0.439 e. The average molecular weight is 305 g/mol. The van der Waals surface area contributed by atoms with Gasteiger partial charge in [-0.2, -0.15) is 4.98 Å². The van der Waals surface area contributed by atoms with E-state index in [4.69, 9.17) is 9.84 Å². The summed E-state index contributed by atoms with van der Waals surface area (Å²) in [4.78, 5) is 8.72. The van der Waals surface area contributed by atoms with E-state index in [1.807, 2.05) is 24.5 Å². The van der Waals surface area contributed by atoms with Crippen molar-refractivity contribution in [2.75, 3.05) is 18.1 Å². The van der Waals surface area contributed by atoms with Gasteiger partial charge < -0.3 is 15.2 Å². The van der Waals surface area contributed by atoms with Crippen molar-refractivity contribution >= 4 is 17.6 Å².